The molecule has 29 heavy (non-hydrogen) atoms. The maximum atomic E-state index is 13.6. The van der Waals surface area contributed by atoms with Crippen molar-refractivity contribution in [2.24, 2.45) is 0 Å². The quantitative estimate of drug-likeness (QED) is 0.709. The van der Waals surface area contributed by atoms with Crippen LogP contribution in [0, 0.1) is 0 Å². The van der Waals surface area contributed by atoms with Gasteiger partial charge in [-0.1, -0.05) is 44.2 Å². The predicted octanol–water partition coefficient (Wildman–Crippen LogP) is 4.37. The fraction of sp³-hybridized carbons (Fsp3) is 0.583. The first-order valence-corrected chi connectivity index (χ1v) is 11.2. The molecule has 0 spiro atoms. The largest absolute Gasteiger partial charge is 0.497 e. The Labute approximate surface area is 173 Å². The second-order valence-electron chi connectivity index (χ2n) is 8.48. The molecule has 0 aromatic heterocycles. The van der Waals surface area contributed by atoms with Crippen LogP contribution in [0.4, 0.5) is 0 Å². The molecule has 0 bridgehead atoms. The van der Waals surface area contributed by atoms with Crippen molar-refractivity contribution in [1.82, 2.24) is 9.80 Å². The lowest BCUT2D eigenvalue weighted by Crippen LogP contribution is -2.43. The Morgan fingerprint density at radius 1 is 0.793 bits per heavy atom. The number of hydrogen-bond acceptors (Lipinski definition) is 4. The molecule has 5 heteroatoms. The van der Waals surface area contributed by atoms with Crippen LogP contribution in [0.2, 0.25) is 0 Å². The van der Waals surface area contributed by atoms with Gasteiger partial charge < -0.3 is 9.64 Å². The summed E-state index contributed by atoms with van der Waals surface area (Å²) in [6.45, 7) is 1.71. The van der Waals surface area contributed by atoms with Crippen LogP contribution in [0.15, 0.2) is 30.0 Å². The van der Waals surface area contributed by atoms with E-state index in [4.69, 9.17) is 4.74 Å². The van der Waals surface area contributed by atoms with Crippen LogP contribution in [0.3, 0.4) is 0 Å². The molecular weight excluding hydrogens is 364 g/mol. The van der Waals surface area contributed by atoms with E-state index in [9.17, 15) is 9.59 Å². The van der Waals surface area contributed by atoms with Gasteiger partial charge in [0.2, 0.25) is 0 Å². The summed E-state index contributed by atoms with van der Waals surface area (Å²) in [5.74, 6) is 0.571. The van der Waals surface area contributed by atoms with E-state index in [1.807, 2.05) is 24.3 Å². The molecule has 1 saturated heterocycles. The van der Waals surface area contributed by atoms with Gasteiger partial charge in [0, 0.05) is 19.1 Å². The Morgan fingerprint density at radius 2 is 1.38 bits per heavy atom. The molecule has 0 unspecified atom stereocenters. The van der Waals surface area contributed by atoms with Crippen molar-refractivity contribution in [3.8, 4) is 5.75 Å². The third-order valence-corrected chi connectivity index (χ3v) is 6.58. The van der Waals surface area contributed by atoms with Gasteiger partial charge in [-0.25, -0.2) is 0 Å². The SMILES string of the molecule is COc1ccc(C2=C(N3CCCCC3)C(=O)N(C3CCCCCCC3)C2=O)cc1. The Hall–Kier alpha value is -2.30. The lowest BCUT2D eigenvalue weighted by Gasteiger charge is -2.31. The highest BCUT2D eigenvalue weighted by atomic mass is 16.5. The van der Waals surface area contributed by atoms with Crippen molar-refractivity contribution in [3.05, 3.63) is 35.5 Å². The van der Waals surface area contributed by atoms with Gasteiger partial charge in [0.25, 0.3) is 11.8 Å². The van der Waals surface area contributed by atoms with Gasteiger partial charge in [-0.05, 0) is 49.8 Å². The van der Waals surface area contributed by atoms with Crippen LogP contribution in [-0.4, -0.2) is 47.9 Å². The van der Waals surface area contributed by atoms with Gasteiger partial charge >= 0.3 is 0 Å². The maximum absolute atomic E-state index is 13.6. The zero-order valence-electron chi connectivity index (χ0n) is 17.5. The van der Waals surface area contributed by atoms with Crippen molar-refractivity contribution in [2.75, 3.05) is 20.2 Å². The van der Waals surface area contributed by atoms with E-state index < -0.39 is 0 Å². The van der Waals surface area contributed by atoms with Crippen molar-refractivity contribution in [1.29, 1.82) is 0 Å². The first-order valence-electron chi connectivity index (χ1n) is 11.2. The molecule has 3 aliphatic rings. The number of likely N-dealkylation sites (tertiary alicyclic amines) is 1. The molecule has 1 aliphatic carbocycles. The molecule has 2 aliphatic heterocycles. The second-order valence-corrected chi connectivity index (χ2v) is 8.48. The second kappa shape index (κ2) is 9.02. The smallest absolute Gasteiger partial charge is 0.278 e. The predicted molar refractivity (Wildman–Crippen MR) is 113 cm³/mol. The normalized spacial score (nSPS) is 22.1. The van der Waals surface area contributed by atoms with E-state index in [-0.39, 0.29) is 17.9 Å². The average molecular weight is 397 g/mol. The van der Waals surface area contributed by atoms with E-state index >= 15 is 0 Å². The highest BCUT2D eigenvalue weighted by Crippen LogP contribution is 2.37. The van der Waals surface area contributed by atoms with Gasteiger partial charge in [-0.15, -0.1) is 0 Å². The Morgan fingerprint density at radius 3 is 2.00 bits per heavy atom. The fourth-order valence-corrected chi connectivity index (χ4v) is 4.99. The standard InChI is InChI=1S/C24H32N2O3/c1-29-20-14-12-18(13-15-20)21-22(25-16-8-5-9-17-25)24(28)26(23(21)27)19-10-6-3-2-4-7-11-19/h12-15,19H,2-11,16-17H2,1H3. The van der Waals surface area contributed by atoms with Crippen molar-refractivity contribution < 1.29 is 14.3 Å². The van der Waals surface area contributed by atoms with E-state index in [1.165, 1.54) is 25.7 Å². The van der Waals surface area contributed by atoms with E-state index in [0.29, 0.717) is 11.3 Å². The van der Waals surface area contributed by atoms with Crippen LogP contribution in [0.5, 0.6) is 5.75 Å². The summed E-state index contributed by atoms with van der Waals surface area (Å²) in [4.78, 5) is 31.0. The first-order chi connectivity index (χ1) is 14.2. The molecule has 1 aromatic carbocycles. The number of carbonyl (C=O) groups is 2. The first kappa shape index (κ1) is 20.0. The van der Waals surface area contributed by atoms with Crippen LogP contribution in [0.25, 0.3) is 5.57 Å². The molecule has 0 atom stereocenters. The number of benzene rings is 1. The Balaban J connectivity index is 1.70. The molecule has 1 saturated carbocycles. The molecule has 2 heterocycles. The van der Waals surface area contributed by atoms with E-state index in [0.717, 1.165) is 62.9 Å². The summed E-state index contributed by atoms with van der Waals surface area (Å²) >= 11 is 0. The highest BCUT2D eigenvalue weighted by molar-refractivity contribution is 6.35. The van der Waals surface area contributed by atoms with Gasteiger partial charge in [-0.2, -0.15) is 0 Å². The molecule has 1 aromatic rings. The molecule has 2 amide bonds. The van der Waals surface area contributed by atoms with Crippen LogP contribution < -0.4 is 4.74 Å². The molecule has 4 rings (SSSR count). The van der Waals surface area contributed by atoms with Gasteiger partial charge in [0.05, 0.1) is 12.7 Å². The number of amides is 2. The van der Waals surface area contributed by atoms with Gasteiger partial charge in [-0.3, -0.25) is 14.5 Å². The Bertz CT molecular complexity index is 770. The zero-order valence-corrected chi connectivity index (χ0v) is 17.5. The van der Waals surface area contributed by atoms with Crippen LogP contribution in [-0.2, 0) is 9.59 Å². The molecule has 0 radical (unpaired) electrons. The third kappa shape index (κ3) is 4.05. The minimum Gasteiger partial charge on any atom is -0.497 e. The number of hydrogen-bond donors (Lipinski definition) is 0. The average Bonchev–Trinajstić information content (AvgIpc) is 2.99. The fourth-order valence-electron chi connectivity index (χ4n) is 4.99. The summed E-state index contributed by atoms with van der Waals surface area (Å²) in [5, 5.41) is 0. The molecule has 2 fully saturated rings. The molecule has 5 nitrogen and oxygen atoms in total. The number of nitrogens with zero attached hydrogens (tertiary/aromatic N) is 2. The minimum atomic E-state index is -0.105. The van der Waals surface area contributed by atoms with Crippen LogP contribution in [0.1, 0.15) is 69.8 Å². The van der Waals surface area contributed by atoms with Crippen molar-refractivity contribution in [3.63, 3.8) is 0 Å². The number of imide groups is 1. The summed E-state index contributed by atoms with van der Waals surface area (Å²) in [7, 11) is 1.63. The lowest BCUT2D eigenvalue weighted by molar-refractivity contribution is -0.140. The summed E-state index contributed by atoms with van der Waals surface area (Å²) in [6, 6.07) is 7.58. The van der Waals surface area contributed by atoms with E-state index in [2.05, 4.69) is 4.90 Å². The highest BCUT2D eigenvalue weighted by Gasteiger charge is 2.44. The molecule has 0 N–H and O–H groups in total. The van der Waals surface area contributed by atoms with Gasteiger partial charge in [0.15, 0.2) is 0 Å². The monoisotopic (exact) mass is 396 g/mol. The number of rotatable bonds is 4. The number of piperidine rings is 1. The molecular formula is C24H32N2O3. The number of methoxy groups -OCH3 is 1. The van der Waals surface area contributed by atoms with Crippen molar-refractivity contribution in [2.45, 2.75) is 70.3 Å². The zero-order chi connectivity index (χ0) is 20.2. The maximum Gasteiger partial charge on any atom is 0.278 e. The lowest BCUT2D eigenvalue weighted by atomic mass is 9.95. The topological polar surface area (TPSA) is 49.9 Å². The van der Waals surface area contributed by atoms with Gasteiger partial charge in [0.1, 0.15) is 11.4 Å². The Kier molecular flexibility index (Phi) is 6.22. The number of ether oxygens (including phenoxy) is 1. The van der Waals surface area contributed by atoms with Crippen molar-refractivity contribution >= 4 is 17.4 Å². The van der Waals surface area contributed by atoms with E-state index in [1.54, 1.807) is 12.0 Å². The molecule has 156 valence electrons. The summed E-state index contributed by atoms with van der Waals surface area (Å²) in [5.41, 5.74) is 2.03. The summed E-state index contributed by atoms with van der Waals surface area (Å²) in [6.07, 6.45) is 11.1. The van der Waals surface area contributed by atoms with Crippen LogP contribution >= 0.6 is 0 Å². The minimum absolute atomic E-state index is 0.0332. The summed E-state index contributed by atoms with van der Waals surface area (Å²) < 4.78 is 5.28. The number of carbonyl (C=O) groups excluding carboxylic acids is 2. The third-order valence-electron chi connectivity index (χ3n) is 6.58.